The molecule has 1 rings (SSSR count). The number of para-hydroxylation sites is 1. The Balaban J connectivity index is 3.15. The van der Waals surface area contributed by atoms with Crippen LogP contribution in [0.4, 0.5) is 0 Å². The Morgan fingerprint density at radius 1 is 1.43 bits per heavy atom. The van der Waals surface area contributed by atoms with E-state index >= 15 is 0 Å². The van der Waals surface area contributed by atoms with Crippen LogP contribution in [0, 0.1) is 0 Å². The zero-order valence-electron chi connectivity index (χ0n) is 8.66. The predicted octanol–water partition coefficient (Wildman–Crippen LogP) is 1.25. The summed E-state index contributed by atoms with van der Waals surface area (Å²) in [5.41, 5.74) is 5.34. The third-order valence-corrected chi connectivity index (χ3v) is 2.53. The molecule has 0 aromatic heterocycles. The molecule has 1 aromatic carbocycles. The molecule has 0 aliphatic carbocycles. The average Bonchev–Trinajstić information content (AvgIpc) is 2.28. The summed E-state index contributed by atoms with van der Waals surface area (Å²) in [5, 5.41) is 10.2. The van der Waals surface area contributed by atoms with Gasteiger partial charge in [0, 0.05) is 12.1 Å². The molecular formula is C11H17NO2. The normalized spacial score (nSPS) is 14.9. The van der Waals surface area contributed by atoms with Gasteiger partial charge in [0.05, 0.1) is 7.11 Å². The van der Waals surface area contributed by atoms with Crippen LogP contribution in [0.1, 0.15) is 18.9 Å². The predicted molar refractivity (Wildman–Crippen MR) is 56.2 cm³/mol. The molecule has 0 aliphatic heterocycles. The highest BCUT2D eigenvalue weighted by atomic mass is 16.5. The lowest BCUT2D eigenvalue weighted by Gasteiger charge is -2.27. The largest absolute Gasteiger partial charge is 0.496 e. The van der Waals surface area contributed by atoms with Crippen LogP contribution in [0.5, 0.6) is 5.75 Å². The van der Waals surface area contributed by atoms with E-state index in [1.807, 2.05) is 31.2 Å². The Bertz CT molecular complexity index is 295. The van der Waals surface area contributed by atoms with E-state index < -0.39 is 5.60 Å². The van der Waals surface area contributed by atoms with Gasteiger partial charge in [-0.2, -0.15) is 0 Å². The molecule has 1 atom stereocenters. The smallest absolute Gasteiger partial charge is 0.124 e. The lowest BCUT2D eigenvalue weighted by atomic mass is 9.90. The maximum absolute atomic E-state index is 10.2. The molecule has 0 aliphatic rings. The Kier molecular flexibility index (Phi) is 3.49. The number of rotatable bonds is 4. The van der Waals surface area contributed by atoms with Crippen molar-refractivity contribution in [3.05, 3.63) is 29.8 Å². The lowest BCUT2D eigenvalue weighted by Crippen LogP contribution is -2.34. The molecular weight excluding hydrogens is 178 g/mol. The zero-order chi connectivity index (χ0) is 10.6. The fourth-order valence-electron chi connectivity index (χ4n) is 1.47. The fourth-order valence-corrected chi connectivity index (χ4v) is 1.47. The molecule has 3 heteroatoms. The third kappa shape index (κ3) is 1.89. The Hall–Kier alpha value is -1.06. The van der Waals surface area contributed by atoms with Crippen molar-refractivity contribution in [3.8, 4) is 5.75 Å². The number of hydrogen-bond acceptors (Lipinski definition) is 3. The van der Waals surface area contributed by atoms with Gasteiger partial charge in [-0.3, -0.25) is 0 Å². The minimum Gasteiger partial charge on any atom is -0.496 e. The van der Waals surface area contributed by atoms with Crippen molar-refractivity contribution in [2.45, 2.75) is 18.9 Å². The Morgan fingerprint density at radius 2 is 2.07 bits per heavy atom. The van der Waals surface area contributed by atoms with E-state index in [-0.39, 0.29) is 6.54 Å². The number of nitrogens with two attached hydrogens (primary N) is 1. The highest BCUT2D eigenvalue weighted by Crippen LogP contribution is 2.31. The second-order valence-corrected chi connectivity index (χ2v) is 3.29. The molecule has 0 fully saturated rings. The van der Waals surface area contributed by atoms with Gasteiger partial charge in [0.2, 0.25) is 0 Å². The van der Waals surface area contributed by atoms with Crippen molar-refractivity contribution in [2.75, 3.05) is 13.7 Å². The van der Waals surface area contributed by atoms with E-state index in [0.717, 1.165) is 5.56 Å². The van der Waals surface area contributed by atoms with Crippen LogP contribution in [0.3, 0.4) is 0 Å². The van der Waals surface area contributed by atoms with Crippen molar-refractivity contribution in [3.63, 3.8) is 0 Å². The Labute approximate surface area is 84.5 Å². The van der Waals surface area contributed by atoms with Gasteiger partial charge in [0.1, 0.15) is 11.4 Å². The van der Waals surface area contributed by atoms with Gasteiger partial charge in [-0.1, -0.05) is 25.1 Å². The molecule has 0 saturated heterocycles. The van der Waals surface area contributed by atoms with Gasteiger partial charge < -0.3 is 15.6 Å². The third-order valence-electron chi connectivity index (χ3n) is 2.53. The lowest BCUT2D eigenvalue weighted by molar-refractivity contribution is 0.0394. The van der Waals surface area contributed by atoms with E-state index in [2.05, 4.69) is 0 Å². The summed E-state index contributed by atoms with van der Waals surface area (Å²) >= 11 is 0. The first kappa shape index (κ1) is 11.0. The second-order valence-electron chi connectivity index (χ2n) is 3.29. The van der Waals surface area contributed by atoms with E-state index in [9.17, 15) is 5.11 Å². The molecule has 3 N–H and O–H groups in total. The molecule has 0 radical (unpaired) electrons. The minimum absolute atomic E-state index is 0.198. The van der Waals surface area contributed by atoms with E-state index in [1.165, 1.54) is 0 Å². The van der Waals surface area contributed by atoms with Gasteiger partial charge >= 0.3 is 0 Å². The molecule has 0 bridgehead atoms. The highest BCUT2D eigenvalue weighted by Gasteiger charge is 2.28. The Morgan fingerprint density at radius 3 is 2.57 bits per heavy atom. The molecule has 0 saturated carbocycles. The van der Waals surface area contributed by atoms with Gasteiger partial charge in [-0.05, 0) is 12.5 Å². The highest BCUT2D eigenvalue weighted by molar-refractivity contribution is 5.38. The van der Waals surface area contributed by atoms with Gasteiger partial charge in [0.15, 0.2) is 0 Å². The monoisotopic (exact) mass is 195 g/mol. The first-order chi connectivity index (χ1) is 6.68. The quantitative estimate of drug-likeness (QED) is 0.760. The van der Waals surface area contributed by atoms with Crippen LogP contribution in [-0.4, -0.2) is 18.8 Å². The molecule has 78 valence electrons. The van der Waals surface area contributed by atoms with Crippen LogP contribution in [0.25, 0.3) is 0 Å². The van der Waals surface area contributed by atoms with Crippen molar-refractivity contribution >= 4 is 0 Å². The maximum atomic E-state index is 10.2. The summed E-state index contributed by atoms with van der Waals surface area (Å²) in [7, 11) is 1.59. The fraction of sp³-hybridized carbons (Fsp3) is 0.455. The molecule has 0 heterocycles. The number of ether oxygens (including phenoxy) is 1. The summed E-state index contributed by atoms with van der Waals surface area (Å²) in [5.74, 6) is 0.683. The van der Waals surface area contributed by atoms with E-state index in [1.54, 1.807) is 7.11 Å². The van der Waals surface area contributed by atoms with Crippen LogP contribution < -0.4 is 10.5 Å². The van der Waals surface area contributed by atoms with Gasteiger partial charge in [-0.15, -0.1) is 0 Å². The summed E-state index contributed by atoms with van der Waals surface area (Å²) in [6, 6.07) is 7.41. The van der Waals surface area contributed by atoms with Crippen LogP contribution in [0.2, 0.25) is 0 Å². The first-order valence-corrected chi connectivity index (χ1v) is 4.74. The SMILES string of the molecule is CCC(O)(CN)c1ccccc1OC. The topological polar surface area (TPSA) is 55.5 Å². The number of hydrogen-bond donors (Lipinski definition) is 2. The maximum Gasteiger partial charge on any atom is 0.124 e. The summed E-state index contributed by atoms with van der Waals surface area (Å²) in [6.45, 7) is 2.10. The number of methoxy groups -OCH3 is 1. The molecule has 0 amide bonds. The minimum atomic E-state index is -0.980. The van der Waals surface area contributed by atoms with E-state index in [4.69, 9.17) is 10.5 Å². The molecule has 1 aromatic rings. The van der Waals surface area contributed by atoms with Crippen LogP contribution in [-0.2, 0) is 5.60 Å². The molecule has 0 spiro atoms. The summed E-state index contributed by atoms with van der Waals surface area (Å²) < 4.78 is 5.18. The van der Waals surface area contributed by atoms with E-state index in [0.29, 0.717) is 12.2 Å². The number of aliphatic hydroxyl groups is 1. The summed E-state index contributed by atoms with van der Waals surface area (Å²) in [6.07, 6.45) is 0.573. The molecule has 14 heavy (non-hydrogen) atoms. The standard InChI is InChI=1S/C11H17NO2/c1-3-11(13,8-12)9-6-4-5-7-10(9)14-2/h4-7,13H,3,8,12H2,1-2H3. The van der Waals surface area contributed by atoms with Crippen molar-refractivity contribution in [1.29, 1.82) is 0 Å². The molecule has 1 unspecified atom stereocenters. The van der Waals surface area contributed by atoms with Crippen molar-refractivity contribution in [1.82, 2.24) is 0 Å². The summed E-state index contributed by atoms with van der Waals surface area (Å²) in [4.78, 5) is 0. The van der Waals surface area contributed by atoms with Crippen molar-refractivity contribution in [2.24, 2.45) is 5.73 Å². The number of benzene rings is 1. The van der Waals surface area contributed by atoms with Crippen LogP contribution in [0.15, 0.2) is 24.3 Å². The van der Waals surface area contributed by atoms with Crippen LogP contribution >= 0.6 is 0 Å². The first-order valence-electron chi connectivity index (χ1n) is 4.74. The van der Waals surface area contributed by atoms with Gasteiger partial charge in [-0.25, -0.2) is 0 Å². The average molecular weight is 195 g/mol. The van der Waals surface area contributed by atoms with Gasteiger partial charge in [0.25, 0.3) is 0 Å². The molecule has 3 nitrogen and oxygen atoms in total. The zero-order valence-corrected chi connectivity index (χ0v) is 8.66. The van der Waals surface area contributed by atoms with Crippen molar-refractivity contribution < 1.29 is 9.84 Å². The second kappa shape index (κ2) is 4.44.